The molecule has 33 heavy (non-hydrogen) atoms. The predicted octanol–water partition coefficient (Wildman–Crippen LogP) is 3.61. The van der Waals surface area contributed by atoms with Gasteiger partial charge in [0, 0.05) is 31.3 Å². The van der Waals surface area contributed by atoms with Gasteiger partial charge in [-0.1, -0.05) is 18.2 Å². The Labute approximate surface area is 194 Å². The molecule has 1 atom stereocenters. The molecule has 2 aromatic carbocycles. The number of aryl methyl sites for hydroxylation is 1. The summed E-state index contributed by atoms with van der Waals surface area (Å²) in [6.07, 6.45) is 0.583. The molecular formula is C25H31N5O3. The van der Waals surface area contributed by atoms with Crippen molar-refractivity contribution in [2.45, 2.75) is 32.9 Å². The molecule has 3 rings (SSSR count). The van der Waals surface area contributed by atoms with Gasteiger partial charge in [-0.15, -0.1) is 0 Å². The Hall–Kier alpha value is -3.65. The van der Waals surface area contributed by atoms with E-state index in [1.54, 1.807) is 21.3 Å². The summed E-state index contributed by atoms with van der Waals surface area (Å²) in [6.45, 7) is 4.35. The molecule has 174 valence electrons. The first-order valence-corrected chi connectivity index (χ1v) is 10.8. The first-order chi connectivity index (χ1) is 15.9. The second kappa shape index (κ2) is 10.8. The van der Waals surface area contributed by atoms with Crippen molar-refractivity contribution >= 4 is 11.7 Å². The molecule has 0 aliphatic heterocycles. The fourth-order valence-corrected chi connectivity index (χ4v) is 3.72. The zero-order chi connectivity index (χ0) is 24.0. The zero-order valence-electron chi connectivity index (χ0n) is 19.7. The molecule has 0 radical (unpaired) electrons. The largest absolute Gasteiger partial charge is 0.497 e. The Kier molecular flexibility index (Phi) is 7.84. The van der Waals surface area contributed by atoms with Crippen LogP contribution in [0.15, 0.2) is 48.5 Å². The van der Waals surface area contributed by atoms with Crippen LogP contribution in [-0.4, -0.2) is 48.8 Å². The first kappa shape index (κ1) is 24.0. The van der Waals surface area contributed by atoms with E-state index in [0.29, 0.717) is 24.5 Å². The number of ether oxygens (including phenoxy) is 2. The Balaban J connectivity index is 1.89. The lowest BCUT2D eigenvalue weighted by molar-refractivity contribution is 0.179. The molecule has 0 saturated heterocycles. The fraction of sp³-hybridized carbons (Fsp3) is 0.320. The van der Waals surface area contributed by atoms with Gasteiger partial charge < -0.3 is 20.1 Å². The van der Waals surface area contributed by atoms with Crippen LogP contribution in [0.5, 0.6) is 5.75 Å². The monoisotopic (exact) mass is 449 g/mol. The van der Waals surface area contributed by atoms with E-state index in [2.05, 4.69) is 15.7 Å². The Bertz CT molecular complexity index is 1120. The van der Waals surface area contributed by atoms with Gasteiger partial charge in [0.2, 0.25) is 0 Å². The molecule has 1 unspecified atom stereocenters. The number of amides is 2. The highest BCUT2D eigenvalue weighted by Crippen LogP contribution is 2.23. The van der Waals surface area contributed by atoms with Crippen LogP contribution in [-0.2, 0) is 17.8 Å². The van der Waals surface area contributed by atoms with Crippen LogP contribution in [0.25, 0.3) is 5.69 Å². The van der Waals surface area contributed by atoms with Crippen LogP contribution < -0.4 is 15.4 Å². The zero-order valence-corrected chi connectivity index (χ0v) is 19.7. The summed E-state index contributed by atoms with van der Waals surface area (Å²) in [7, 11) is 4.85. The van der Waals surface area contributed by atoms with Crippen molar-refractivity contribution in [3.05, 3.63) is 76.6 Å². The first-order valence-electron chi connectivity index (χ1n) is 10.8. The maximum atomic E-state index is 11.7. The summed E-state index contributed by atoms with van der Waals surface area (Å²) in [5, 5.41) is 18.9. The second-order valence-corrected chi connectivity index (χ2v) is 7.90. The molecule has 0 bridgehead atoms. The molecule has 0 aliphatic rings. The van der Waals surface area contributed by atoms with Crippen LogP contribution in [0.2, 0.25) is 0 Å². The van der Waals surface area contributed by atoms with Gasteiger partial charge in [-0.05, 0) is 56.2 Å². The minimum atomic E-state index is -0.232. The average molecular weight is 450 g/mol. The van der Waals surface area contributed by atoms with Crippen LogP contribution in [0.3, 0.4) is 0 Å². The fourth-order valence-electron chi connectivity index (χ4n) is 3.72. The lowest BCUT2D eigenvalue weighted by atomic mass is 9.93. The quantitative estimate of drug-likeness (QED) is 0.434. The highest BCUT2D eigenvalue weighted by Gasteiger charge is 2.16. The number of methoxy groups -OCH3 is 2. The highest BCUT2D eigenvalue weighted by molar-refractivity contribution is 6.12. The van der Waals surface area contributed by atoms with E-state index in [-0.39, 0.29) is 12.1 Å². The van der Waals surface area contributed by atoms with Crippen LogP contribution in [0.1, 0.15) is 35.0 Å². The number of urea groups is 1. The van der Waals surface area contributed by atoms with E-state index >= 15 is 0 Å². The normalized spacial score (nSPS) is 11.7. The van der Waals surface area contributed by atoms with Gasteiger partial charge in [0.15, 0.2) is 0 Å². The van der Waals surface area contributed by atoms with Crippen molar-refractivity contribution in [1.29, 1.82) is 5.41 Å². The molecule has 8 nitrogen and oxygen atoms in total. The molecule has 0 fully saturated rings. The van der Waals surface area contributed by atoms with Gasteiger partial charge >= 0.3 is 6.03 Å². The number of hydrogen-bond donors (Lipinski definition) is 3. The summed E-state index contributed by atoms with van der Waals surface area (Å²) >= 11 is 0. The topological polar surface area (TPSA) is 101 Å². The smallest absolute Gasteiger partial charge is 0.314 e. The van der Waals surface area contributed by atoms with E-state index in [0.717, 1.165) is 33.8 Å². The number of benzene rings is 2. The van der Waals surface area contributed by atoms with Gasteiger partial charge in [-0.3, -0.25) is 5.41 Å². The van der Waals surface area contributed by atoms with Gasteiger partial charge in [-0.2, -0.15) is 5.10 Å². The van der Waals surface area contributed by atoms with Crippen molar-refractivity contribution in [1.82, 2.24) is 20.4 Å². The van der Waals surface area contributed by atoms with Crippen molar-refractivity contribution in [3.8, 4) is 11.4 Å². The molecule has 1 heterocycles. The standard InChI is InChI=1S/C25H31N5O3/c1-16(28-25(31)27-3)12-19-8-11-22(33-5)14-23(19)24(26)18-6-9-20(10-7-18)30-21(15-32-4)13-17(2)29-30/h6-11,13-14,16,26H,12,15H2,1-5H3,(H2,27,28,31). The summed E-state index contributed by atoms with van der Waals surface area (Å²) in [5.74, 6) is 0.679. The van der Waals surface area contributed by atoms with Crippen molar-refractivity contribution in [2.75, 3.05) is 21.3 Å². The third-order valence-electron chi connectivity index (χ3n) is 5.32. The van der Waals surface area contributed by atoms with Crippen LogP contribution >= 0.6 is 0 Å². The van der Waals surface area contributed by atoms with E-state index < -0.39 is 0 Å². The van der Waals surface area contributed by atoms with E-state index in [9.17, 15) is 4.79 Å². The Morgan fingerprint density at radius 1 is 1.15 bits per heavy atom. The lowest BCUT2D eigenvalue weighted by Gasteiger charge is -2.18. The molecule has 0 saturated carbocycles. The summed E-state index contributed by atoms with van der Waals surface area (Å²) in [4.78, 5) is 11.7. The molecule has 2 amide bonds. The highest BCUT2D eigenvalue weighted by atomic mass is 16.5. The number of rotatable bonds is 9. The summed E-state index contributed by atoms with van der Waals surface area (Å²) in [6, 6.07) is 15.1. The van der Waals surface area contributed by atoms with Gasteiger partial charge in [-0.25, -0.2) is 9.48 Å². The van der Waals surface area contributed by atoms with Crippen LogP contribution in [0.4, 0.5) is 4.79 Å². The second-order valence-electron chi connectivity index (χ2n) is 7.90. The molecule has 0 aliphatic carbocycles. The number of nitrogens with zero attached hydrogens (tertiary/aromatic N) is 2. The maximum Gasteiger partial charge on any atom is 0.314 e. The summed E-state index contributed by atoms with van der Waals surface area (Å²) in [5.41, 5.74) is 5.67. The number of carbonyl (C=O) groups is 1. The minimum absolute atomic E-state index is 0.102. The lowest BCUT2D eigenvalue weighted by Crippen LogP contribution is -2.40. The molecule has 0 spiro atoms. The minimum Gasteiger partial charge on any atom is -0.497 e. The predicted molar refractivity (Wildman–Crippen MR) is 129 cm³/mol. The van der Waals surface area contributed by atoms with Gasteiger partial charge in [0.25, 0.3) is 0 Å². The molecule has 8 heteroatoms. The number of nitrogens with one attached hydrogen (secondary N) is 3. The summed E-state index contributed by atoms with van der Waals surface area (Å²) < 4.78 is 12.5. The molecule has 1 aromatic heterocycles. The number of carbonyl (C=O) groups excluding carboxylic acids is 1. The third kappa shape index (κ3) is 5.78. The number of hydrogen-bond acceptors (Lipinski definition) is 5. The number of aromatic nitrogens is 2. The van der Waals surface area contributed by atoms with Crippen molar-refractivity contribution < 1.29 is 14.3 Å². The third-order valence-corrected chi connectivity index (χ3v) is 5.32. The van der Waals surface area contributed by atoms with Crippen molar-refractivity contribution in [3.63, 3.8) is 0 Å². The Morgan fingerprint density at radius 2 is 1.88 bits per heavy atom. The molecule has 3 N–H and O–H groups in total. The van der Waals surface area contributed by atoms with Crippen LogP contribution in [0, 0.1) is 12.3 Å². The van der Waals surface area contributed by atoms with Gasteiger partial charge in [0.1, 0.15) is 5.75 Å². The Morgan fingerprint density at radius 3 is 2.52 bits per heavy atom. The van der Waals surface area contributed by atoms with E-state index in [4.69, 9.17) is 14.9 Å². The molecule has 3 aromatic rings. The van der Waals surface area contributed by atoms with Crippen molar-refractivity contribution in [2.24, 2.45) is 0 Å². The van der Waals surface area contributed by atoms with E-state index in [1.807, 2.05) is 67.1 Å². The van der Waals surface area contributed by atoms with E-state index in [1.165, 1.54) is 0 Å². The average Bonchev–Trinajstić information content (AvgIpc) is 3.19. The maximum absolute atomic E-state index is 11.7. The van der Waals surface area contributed by atoms with Gasteiger partial charge in [0.05, 0.1) is 36.5 Å². The molecular weight excluding hydrogens is 418 g/mol. The SMILES string of the molecule is CNC(=O)NC(C)Cc1ccc(OC)cc1C(=N)c1ccc(-n2nc(C)cc2COC)cc1.